The Kier molecular flexibility index (Phi) is 18.6. The van der Waals surface area contributed by atoms with Crippen molar-refractivity contribution in [2.75, 3.05) is 13.7 Å². The third kappa shape index (κ3) is 11.8. The number of esters is 2. The van der Waals surface area contributed by atoms with Crippen molar-refractivity contribution >= 4 is 68.6 Å². The largest absolute Gasteiger partial charge is 2.00 e. The quantitative estimate of drug-likeness (QED) is 0.0354. The number of fused-ring (bicyclic) bond motifs is 8. The van der Waals surface area contributed by atoms with Crippen LogP contribution in [0.4, 0.5) is 0 Å². The number of Topliss-reactive ketones (excluding diaryl/α,β-unsaturated/α-hetero) is 2. The van der Waals surface area contributed by atoms with Crippen molar-refractivity contribution in [3.8, 4) is 0 Å². The molecule has 0 saturated carbocycles. The third-order valence-corrected chi connectivity index (χ3v) is 14.8. The van der Waals surface area contributed by atoms with Crippen LogP contribution < -0.4 is 9.97 Å². The van der Waals surface area contributed by atoms with Crippen LogP contribution in [0.25, 0.3) is 22.1 Å². The van der Waals surface area contributed by atoms with E-state index >= 15 is 0 Å². The molecular formula is C55H74MgN4O6. The Morgan fingerprint density at radius 1 is 0.773 bits per heavy atom. The fourth-order valence-corrected chi connectivity index (χ4v) is 10.6. The topological polar surface area (TPSA) is 141 Å². The van der Waals surface area contributed by atoms with E-state index in [0.717, 1.165) is 48.0 Å². The number of rotatable bonds is 20. The van der Waals surface area contributed by atoms with Crippen LogP contribution in [-0.2, 0) is 19.1 Å². The molecule has 8 bridgehead atoms. The SMILES string of the molecule is CC[C@@H]1c2cc3[n-]c4c(c3C)C(=O)[C@H](C(=O)OC)c4c3nc(cc4[n-]c(cc(n2)[C@@H]1C)c(C(C)=O)c4C)[C@@H](C)[C@@H]3CCC(=O)OC/C=C(\C)CCC[C@@H](C)CCC[C@@H](C)CCCC(C)C.[Mg+2]. The zero-order chi connectivity index (χ0) is 47.3. The first-order valence-corrected chi connectivity index (χ1v) is 24.6. The Balaban J connectivity index is 0.00000817. The second kappa shape index (κ2) is 23.3. The summed E-state index contributed by atoms with van der Waals surface area (Å²) in [6.45, 7) is 23.3. The van der Waals surface area contributed by atoms with Crippen molar-refractivity contribution in [1.82, 2.24) is 19.9 Å². The smallest absolute Gasteiger partial charge is 0.657 e. The maximum absolute atomic E-state index is 14.4. The van der Waals surface area contributed by atoms with Gasteiger partial charge in [-0.3, -0.25) is 29.1 Å². The van der Waals surface area contributed by atoms with Crippen LogP contribution in [0.5, 0.6) is 0 Å². The molecule has 11 heteroatoms. The molecule has 3 aromatic heterocycles. The molecule has 5 heterocycles. The van der Waals surface area contributed by atoms with Gasteiger partial charge in [-0.15, -0.1) is 22.1 Å². The summed E-state index contributed by atoms with van der Waals surface area (Å²) in [4.78, 5) is 75.0. The number of methoxy groups -OCH3 is 1. The van der Waals surface area contributed by atoms with Gasteiger partial charge in [0.2, 0.25) is 0 Å². The number of ether oxygens (including phenoxy) is 2. The van der Waals surface area contributed by atoms with E-state index in [1.165, 1.54) is 57.6 Å². The molecule has 0 N–H and O–H groups in total. The minimum absolute atomic E-state index is 0. The zero-order valence-corrected chi connectivity index (χ0v) is 43.5. The monoisotopic (exact) mass is 911 g/mol. The molecule has 3 aliphatic rings. The van der Waals surface area contributed by atoms with E-state index in [9.17, 15) is 19.2 Å². The minimum Gasteiger partial charge on any atom is -0.657 e. The number of carbonyl (C=O) groups is 4. The number of nitrogens with zero attached hydrogens (tertiary/aromatic N) is 4. The molecule has 0 unspecified atom stereocenters. The van der Waals surface area contributed by atoms with Crippen LogP contribution in [-0.4, -0.2) is 70.2 Å². The number of hydrogen-bond donors (Lipinski definition) is 0. The van der Waals surface area contributed by atoms with Crippen LogP contribution in [0.3, 0.4) is 0 Å². The number of ketones is 2. The van der Waals surface area contributed by atoms with E-state index in [1.807, 2.05) is 45.0 Å². The summed E-state index contributed by atoms with van der Waals surface area (Å²) in [5, 5.41) is 0. The zero-order valence-electron chi connectivity index (χ0n) is 42.1. The molecule has 0 saturated heterocycles. The van der Waals surface area contributed by atoms with Crippen molar-refractivity contribution in [3.05, 3.63) is 80.4 Å². The molecule has 7 atom stereocenters. The van der Waals surface area contributed by atoms with Crippen molar-refractivity contribution < 1.29 is 28.7 Å². The number of allylic oxidation sites excluding steroid dienone is 1. The van der Waals surface area contributed by atoms with Crippen molar-refractivity contribution in [3.63, 3.8) is 0 Å². The second-order valence-corrected chi connectivity index (χ2v) is 20.2. The number of aryl methyl sites for hydroxylation is 2. The summed E-state index contributed by atoms with van der Waals surface area (Å²) in [6, 6.07) is 5.79. The van der Waals surface area contributed by atoms with Crippen LogP contribution in [0, 0.1) is 31.6 Å². The molecule has 10 nitrogen and oxygen atoms in total. The second-order valence-electron chi connectivity index (χ2n) is 20.2. The van der Waals surface area contributed by atoms with E-state index in [4.69, 9.17) is 29.4 Å². The first kappa shape index (κ1) is 52.9. The van der Waals surface area contributed by atoms with Gasteiger partial charge in [-0.25, -0.2) is 0 Å². The predicted molar refractivity (Wildman–Crippen MR) is 265 cm³/mol. The van der Waals surface area contributed by atoms with Gasteiger partial charge in [0.05, 0.1) is 7.11 Å². The summed E-state index contributed by atoms with van der Waals surface area (Å²) in [6.07, 6.45) is 14.5. The Hall–Kier alpha value is -4.09. The molecule has 66 heavy (non-hydrogen) atoms. The van der Waals surface area contributed by atoms with Crippen LogP contribution in [0.2, 0.25) is 0 Å². The van der Waals surface area contributed by atoms with E-state index < -0.39 is 11.9 Å². The fourth-order valence-electron chi connectivity index (χ4n) is 10.6. The van der Waals surface area contributed by atoms with Gasteiger partial charge in [0.1, 0.15) is 12.5 Å². The first-order chi connectivity index (χ1) is 30.9. The third-order valence-electron chi connectivity index (χ3n) is 14.8. The fraction of sp³-hybridized carbons (Fsp3) is 0.600. The van der Waals surface area contributed by atoms with E-state index in [-0.39, 0.29) is 77.3 Å². The summed E-state index contributed by atoms with van der Waals surface area (Å²) >= 11 is 0. The molecule has 352 valence electrons. The molecular weight excluding hydrogens is 837 g/mol. The molecule has 1 aliphatic carbocycles. The summed E-state index contributed by atoms with van der Waals surface area (Å²) in [5.41, 5.74) is 9.10. The Morgan fingerprint density at radius 2 is 1.36 bits per heavy atom. The molecule has 0 radical (unpaired) electrons. The first-order valence-electron chi connectivity index (χ1n) is 24.6. The maximum Gasteiger partial charge on any atom is 2.00 e. The summed E-state index contributed by atoms with van der Waals surface area (Å²) < 4.78 is 11.0. The van der Waals surface area contributed by atoms with Gasteiger partial charge in [0.15, 0.2) is 11.6 Å². The maximum atomic E-state index is 14.4. The average Bonchev–Trinajstić information content (AvgIpc) is 4.00. The average molecular weight is 912 g/mol. The summed E-state index contributed by atoms with van der Waals surface area (Å²) in [7, 11) is 1.28. The molecule has 2 aliphatic heterocycles. The number of carbonyl (C=O) groups excluding carboxylic acids is 4. The van der Waals surface area contributed by atoms with Gasteiger partial charge < -0.3 is 19.4 Å². The Labute approximate surface area is 409 Å². The Morgan fingerprint density at radius 3 is 2.00 bits per heavy atom. The molecule has 6 rings (SSSR count). The molecule has 0 amide bonds. The van der Waals surface area contributed by atoms with Gasteiger partial charge in [0, 0.05) is 64.0 Å². The number of hydrogen-bond acceptors (Lipinski definition) is 8. The van der Waals surface area contributed by atoms with E-state index in [1.54, 1.807) is 6.92 Å². The van der Waals surface area contributed by atoms with Gasteiger partial charge in [-0.05, 0) is 82.8 Å². The van der Waals surface area contributed by atoms with Crippen molar-refractivity contribution in [1.29, 1.82) is 0 Å². The standard InChI is InChI=1S/C55H75N4O6.Mg/c1-13-39-34(7)41-29-46-48(38(11)60)36(9)43(57-46)27-42-35(8)40(52(58-42)50-51(55(63)64-12)54(62)49-37(10)44(59-53(49)50)28-45(39)56-41)23-24-47(61)65-26-25-33(6)22-16-21-32(5)20-15-19-31(4)18-14-17-30(2)3;/h25,27-32,34-35,39-40,51H,13-24,26H2,1-12H3,(H-,56,57,58,59,60,62);/q-1;+2/p-1/b33-25+;/t31-,32-,34+,35-,39-,40-,51+;/m0./s1. The van der Waals surface area contributed by atoms with Crippen LogP contribution in [0.15, 0.2) is 29.8 Å². The molecule has 0 aromatic carbocycles. The summed E-state index contributed by atoms with van der Waals surface area (Å²) in [5.74, 6) is -0.869. The predicted octanol–water partition coefficient (Wildman–Crippen LogP) is 12.4. The van der Waals surface area contributed by atoms with Gasteiger partial charge in [-0.2, -0.15) is 0 Å². The molecule has 0 fully saturated rings. The van der Waals surface area contributed by atoms with Crippen LogP contribution in [0.1, 0.15) is 229 Å². The van der Waals surface area contributed by atoms with E-state index in [0.29, 0.717) is 68.0 Å². The van der Waals surface area contributed by atoms with E-state index in [2.05, 4.69) is 48.5 Å². The van der Waals surface area contributed by atoms with Crippen molar-refractivity contribution in [2.45, 2.75) is 183 Å². The van der Waals surface area contributed by atoms with Gasteiger partial charge in [-0.1, -0.05) is 128 Å². The number of aromatic nitrogens is 4. The minimum atomic E-state index is -1.25. The molecule has 3 aromatic rings. The van der Waals surface area contributed by atoms with Crippen LogP contribution >= 0.6 is 0 Å². The molecule has 0 spiro atoms. The normalized spacial score (nSPS) is 20.0. The van der Waals surface area contributed by atoms with Crippen molar-refractivity contribution in [2.24, 2.45) is 17.8 Å². The van der Waals surface area contributed by atoms with Gasteiger partial charge >= 0.3 is 35.0 Å². The Bertz CT molecular complexity index is 2460. The van der Waals surface area contributed by atoms with Gasteiger partial charge in [0.25, 0.3) is 0 Å².